The molecule has 9 heteroatoms. The van der Waals surface area contributed by atoms with Crippen LogP contribution >= 0.6 is 0 Å². The topological polar surface area (TPSA) is 120 Å². The zero-order valence-corrected chi connectivity index (χ0v) is 16.5. The Kier molecular flexibility index (Phi) is 7.67. The van der Waals surface area contributed by atoms with Gasteiger partial charge in [-0.15, -0.1) is 0 Å². The molecule has 2 aromatic rings. The molecule has 0 radical (unpaired) electrons. The summed E-state index contributed by atoms with van der Waals surface area (Å²) in [6.07, 6.45) is 0. The van der Waals surface area contributed by atoms with Crippen molar-refractivity contribution in [2.75, 3.05) is 37.5 Å². The zero-order valence-electron chi connectivity index (χ0n) is 16.5. The Morgan fingerprint density at radius 1 is 1.14 bits per heavy atom. The predicted molar refractivity (Wildman–Crippen MR) is 108 cm³/mol. The molecule has 0 spiro atoms. The summed E-state index contributed by atoms with van der Waals surface area (Å²) in [5, 5.41) is 16.8. The Labute approximate surface area is 168 Å². The molecule has 2 rings (SSSR count). The molecule has 0 aliphatic heterocycles. The summed E-state index contributed by atoms with van der Waals surface area (Å²) in [5.41, 5.74) is 2.54. The molecule has 0 aliphatic rings. The maximum atomic E-state index is 12.2. The number of carbonyl (C=O) groups excluding carboxylic acids is 2. The molecule has 0 bridgehead atoms. The van der Waals surface area contributed by atoms with Crippen LogP contribution in [0.2, 0.25) is 0 Å². The van der Waals surface area contributed by atoms with Gasteiger partial charge in [-0.1, -0.05) is 12.1 Å². The molecule has 0 fully saturated rings. The number of aryl methyl sites for hydroxylation is 1. The fourth-order valence-electron chi connectivity index (χ4n) is 2.53. The van der Waals surface area contributed by atoms with E-state index in [1.807, 2.05) is 26.0 Å². The first-order valence-electron chi connectivity index (χ1n) is 8.88. The summed E-state index contributed by atoms with van der Waals surface area (Å²) in [6, 6.07) is 9.41. The molecule has 154 valence electrons. The number of methoxy groups -OCH3 is 1. The number of ether oxygens (including phenoxy) is 2. The van der Waals surface area contributed by atoms with Crippen LogP contribution in [-0.2, 0) is 14.3 Å². The summed E-state index contributed by atoms with van der Waals surface area (Å²) in [5.74, 6) is -1.33. The molecule has 0 aliphatic carbocycles. The van der Waals surface area contributed by atoms with Crippen LogP contribution in [0.25, 0.3) is 0 Å². The Morgan fingerprint density at radius 2 is 1.90 bits per heavy atom. The van der Waals surface area contributed by atoms with Crippen molar-refractivity contribution in [3.8, 4) is 0 Å². The summed E-state index contributed by atoms with van der Waals surface area (Å²) in [7, 11) is 1.52. The van der Waals surface area contributed by atoms with Gasteiger partial charge >= 0.3 is 5.97 Å². The summed E-state index contributed by atoms with van der Waals surface area (Å²) in [4.78, 5) is 35.0. The lowest BCUT2D eigenvalue weighted by atomic mass is 10.1. The maximum Gasteiger partial charge on any atom is 0.338 e. The van der Waals surface area contributed by atoms with Crippen LogP contribution in [0.15, 0.2) is 36.4 Å². The molecule has 0 atom stereocenters. The lowest BCUT2D eigenvalue weighted by Gasteiger charge is -2.11. The molecule has 0 saturated heterocycles. The van der Waals surface area contributed by atoms with Crippen LogP contribution in [0.3, 0.4) is 0 Å². The lowest BCUT2D eigenvalue weighted by molar-refractivity contribution is -0.384. The Hall–Kier alpha value is -3.46. The van der Waals surface area contributed by atoms with E-state index in [1.54, 1.807) is 6.07 Å². The number of nitrogens with zero attached hydrogens (tertiary/aromatic N) is 1. The van der Waals surface area contributed by atoms with Gasteiger partial charge in [-0.25, -0.2) is 4.79 Å². The van der Waals surface area contributed by atoms with Gasteiger partial charge in [0, 0.05) is 25.4 Å². The summed E-state index contributed by atoms with van der Waals surface area (Å²) >= 11 is 0. The minimum Gasteiger partial charge on any atom is -0.452 e. The van der Waals surface area contributed by atoms with Crippen LogP contribution in [0, 0.1) is 24.0 Å². The van der Waals surface area contributed by atoms with Gasteiger partial charge in [0.2, 0.25) is 0 Å². The fraction of sp³-hybridized carbons (Fsp3) is 0.300. The van der Waals surface area contributed by atoms with Crippen molar-refractivity contribution in [1.82, 2.24) is 0 Å². The van der Waals surface area contributed by atoms with Crippen molar-refractivity contribution < 1.29 is 24.0 Å². The number of esters is 1. The van der Waals surface area contributed by atoms with Gasteiger partial charge in [-0.3, -0.25) is 14.9 Å². The van der Waals surface area contributed by atoms with E-state index >= 15 is 0 Å². The number of nitrogens with one attached hydrogen (secondary N) is 2. The van der Waals surface area contributed by atoms with Gasteiger partial charge in [0.05, 0.1) is 17.1 Å². The molecule has 0 unspecified atom stereocenters. The minimum absolute atomic E-state index is 0.0199. The largest absolute Gasteiger partial charge is 0.452 e. The third-order valence-electron chi connectivity index (χ3n) is 4.26. The first kappa shape index (κ1) is 21.8. The average Bonchev–Trinajstić information content (AvgIpc) is 2.70. The van der Waals surface area contributed by atoms with E-state index in [4.69, 9.17) is 9.47 Å². The molecular formula is C20H23N3O6. The average molecular weight is 401 g/mol. The Morgan fingerprint density at radius 3 is 2.59 bits per heavy atom. The third kappa shape index (κ3) is 6.01. The third-order valence-corrected chi connectivity index (χ3v) is 4.26. The van der Waals surface area contributed by atoms with Crippen molar-refractivity contribution in [3.63, 3.8) is 0 Å². The van der Waals surface area contributed by atoms with Crippen molar-refractivity contribution in [3.05, 3.63) is 63.2 Å². The van der Waals surface area contributed by atoms with E-state index in [2.05, 4.69) is 10.6 Å². The van der Waals surface area contributed by atoms with Crippen molar-refractivity contribution in [2.45, 2.75) is 13.8 Å². The number of hydrogen-bond donors (Lipinski definition) is 2. The van der Waals surface area contributed by atoms with Crippen LogP contribution in [-0.4, -0.2) is 43.7 Å². The maximum absolute atomic E-state index is 12.2. The molecule has 9 nitrogen and oxygen atoms in total. The molecular weight excluding hydrogens is 378 g/mol. The number of nitro benzene ring substituents is 1. The van der Waals surface area contributed by atoms with E-state index in [9.17, 15) is 19.7 Å². The van der Waals surface area contributed by atoms with Gasteiger partial charge in [0.15, 0.2) is 6.61 Å². The molecule has 0 heterocycles. The first-order valence-corrected chi connectivity index (χ1v) is 8.88. The second-order valence-corrected chi connectivity index (χ2v) is 6.28. The van der Waals surface area contributed by atoms with Crippen molar-refractivity contribution >= 4 is 28.9 Å². The standard InChI is InChI=1S/C20H23N3O6/c1-13-5-4-6-16(14(13)2)22-19(24)12-29-20(25)15-7-8-17(21-9-10-28-3)18(11-15)23(26)27/h4-8,11,21H,9-10,12H2,1-3H3,(H,22,24). The van der Waals surface area contributed by atoms with Crippen LogP contribution in [0.4, 0.5) is 17.1 Å². The quantitative estimate of drug-likeness (QED) is 0.287. The molecule has 0 aromatic heterocycles. The van der Waals surface area contributed by atoms with E-state index in [0.717, 1.165) is 17.2 Å². The van der Waals surface area contributed by atoms with E-state index < -0.39 is 23.4 Å². The summed E-state index contributed by atoms with van der Waals surface area (Å²) < 4.78 is 9.88. The number of nitro groups is 1. The number of amides is 1. The summed E-state index contributed by atoms with van der Waals surface area (Å²) in [6.45, 7) is 4.04. The lowest BCUT2D eigenvalue weighted by Crippen LogP contribution is -2.21. The minimum atomic E-state index is -0.826. The highest BCUT2D eigenvalue weighted by molar-refractivity contribution is 5.96. The Bertz CT molecular complexity index is 913. The van der Waals surface area contributed by atoms with Gasteiger partial charge in [0.1, 0.15) is 5.69 Å². The fourth-order valence-corrected chi connectivity index (χ4v) is 2.53. The van der Waals surface area contributed by atoms with E-state index in [-0.39, 0.29) is 16.9 Å². The second-order valence-electron chi connectivity index (χ2n) is 6.28. The van der Waals surface area contributed by atoms with Crippen LogP contribution in [0.5, 0.6) is 0 Å². The number of hydrogen-bond acceptors (Lipinski definition) is 7. The highest BCUT2D eigenvalue weighted by atomic mass is 16.6. The molecule has 1 amide bonds. The number of rotatable bonds is 9. The number of carbonyl (C=O) groups is 2. The van der Waals surface area contributed by atoms with Gasteiger partial charge in [-0.05, 0) is 43.2 Å². The van der Waals surface area contributed by atoms with Crippen molar-refractivity contribution in [1.29, 1.82) is 0 Å². The first-order chi connectivity index (χ1) is 13.8. The van der Waals surface area contributed by atoms with Crippen LogP contribution < -0.4 is 10.6 Å². The van der Waals surface area contributed by atoms with Gasteiger partial charge in [0.25, 0.3) is 11.6 Å². The molecule has 2 aromatic carbocycles. The van der Waals surface area contributed by atoms with Gasteiger partial charge in [-0.2, -0.15) is 0 Å². The van der Waals surface area contributed by atoms with E-state index in [1.165, 1.54) is 19.2 Å². The molecule has 2 N–H and O–H groups in total. The normalized spacial score (nSPS) is 10.3. The van der Waals surface area contributed by atoms with Crippen molar-refractivity contribution in [2.24, 2.45) is 0 Å². The zero-order chi connectivity index (χ0) is 21.4. The monoisotopic (exact) mass is 401 g/mol. The van der Waals surface area contributed by atoms with Crippen LogP contribution in [0.1, 0.15) is 21.5 Å². The number of anilines is 2. The highest BCUT2D eigenvalue weighted by Crippen LogP contribution is 2.26. The second kappa shape index (κ2) is 10.2. The number of benzene rings is 2. The predicted octanol–water partition coefficient (Wildman–Crippen LogP) is 3.07. The Balaban J connectivity index is 2.00. The molecule has 29 heavy (non-hydrogen) atoms. The smallest absolute Gasteiger partial charge is 0.338 e. The van der Waals surface area contributed by atoms with Gasteiger partial charge < -0.3 is 20.1 Å². The molecule has 0 saturated carbocycles. The van der Waals surface area contributed by atoms with E-state index in [0.29, 0.717) is 18.8 Å². The SMILES string of the molecule is COCCNc1ccc(C(=O)OCC(=O)Nc2cccc(C)c2C)cc1[N+](=O)[O-]. The highest BCUT2D eigenvalue weighted by Gasteiger charge is 2.19.